The first-order chi connectivity index (χ1) is 7.34. The van der Waals surface area contributed by atoms with Crippen LogP contribution in [0.1, 0.15) is 6.92 Å². The molecule has 0 unspecified atom stereocenters. The molecule has 0 bridgehead atoms. The van der Waals surface area contributed by atoms with Crippen molar-refractivity contribution in [1.29, 1.82) is 0 Å². The largest absolute Gasteiger partial charge is 0.433 e. The van der Waals surface area contributed by atoms with Crippen LogP contribution >= 0.6 is 0 Å². The molecule has 0 aliphatic carbocycles. The van der Waals surface area contributed by atoms with Crippen molar-refractivity contribution >= 4 is 11.9 Å². The zero-order valence-electron chi connectivity index (χ0n) is 8.44. The van der Waals surface area contributed by atoms with Crippen molar-refractivity contribution in [2.24, 2.45) is 5.73 Å². The van der Waals surface area contributed by atoms with Gasteiger partial charge in [0.15, 0.2) is 6.10 Å². The highest BCUT2D eigenvalue weighted by molar-refractivity contribution is 5.79. The molecule has 0 aromatic heterocycles. The van der Waals surface area contributed by atoms with Crippen molar-refractivity contribution in [3.05, 3.63) is 0 Å². The molecule has 1 rings (SSSR count). The Balaban J connectivity index is 2.80. The van der Waals surface area contributed by atoms with Gasteiger partial charge in [-0.3, -0.25) is 9.59 Å². The van der Waals surface area contributed by atoms with E-state index in [-0.39, 0.29) is 0 Å². The van der Waals surface area contributed by atoms with Gasteiger partial charge in [-0.15, -0.1) is 0 Å². The van der Waals surface area contributed by atoms with E-state index < -0.39 is 42.6 Å². The predicted octanol–water partition coefficient (Wildman–Crippen LogP) is -3.16. The van der Waals surface area contributed by atoms with E-state index >= 15 is 0 Å². The van der Waals surface area contributed by atoms with Crippen molar-refractivity contribution < 1.29 is 34.4 Å². The van der Waals surface area contributed by atoms with Crippen molar-refractivity contribution in [2.45, 2.75) is 37.6 Å². The van der Waals surface area contributed by atoms with Crippen LogP contribution in [0.2, 0.25) is 0 Å². The zero-order valence-corrected chi connectivity index (χ0v) is 8.44. The highest BCUT2D eigenvalue weighted by atomic mass is 16.7. The number of aliphatic hydroxyl groups is 3. The monoisotopic (exact) mass is 235 g/mol. The third kappa shape index (κ3) is 2.47. The van der Waals surface area contributed by atoms with Crippen LogP contribution in [0.3, 0.4) is 0 Å². The molecule has 1 amide bonds. The molecular weight excluding hydrogens is 222 g/mol. The number of primary amides is 1. The van der Waals surface area contributed by atoms with Gasteiger partial charge in [0, 0.05) is 6.92 Å². The summed E-state index contributed by atoms with van der Waals surface area (Å²) in [5.74, 6) is -1.80. The molecule has 1 saturated heterocycles. The normalized spacial score (nSPS) is 39.1. The van der Waals surface area contributed by atoms with Gasteiger partial charge < -0.3 is 30.5 Å². The molecule has 8 heteroatoms. The van der Waals surface area contributed by atoms with Gasteiger partial charge >= 0.3 is 5.97 Å². The third-order valence-corrected chi connectivity index (χ3v) is 2.13. The number of esters is 1. The van der Waals surface area contributed by atoms with Crippen LogP contribution in [0.4, 0.5) is 0 Å². The Labute approximate surface area is 90.6 Å². The molecule has 92 valence electrons. The molecule has 0 aromatic rings. The van der Waals surface area contributed by atoms with Crippen molar-refractivity contribution in [2.75, 3.05) is 0 Å². The Kier molecular flexibility index (Phi) is 3.81. The fraction of sp³-hybridized carbons (Fsp3) is 0.750. The highest BCUT2D eigenvalue weighted by Gasteiger charge is 2.47. The Hall–Kier alpha value is -1.22. The maximum atomic E-state index is 10.9. The van der Waals surface area contributed by atoms with Gasteiger partial charge in [0.25, 0.3) is 0 Å². The number of aliphatic hydroxyl groups excluding tert-OH is 3. The molecule has 0 spiro atoms. The second kappa shape index (κ2) is 4.74. The topological polar surface area (TPSA) is 139 Å². The number of hydrogen-bond donors (Lipinski definition) is 4. The Bertz CT molecular complexity index is 292. The molecule has 0 saturated carbocycles. The van der Waals surface area contributed by atoms with Crippen LogP contribution in [0.15, 0.2) is 0 Å². The van der Waals surface area contributed by atoms with Gasteiger partial charge in [-0.1, -0.05) is 0 Å². The number of amides is 1. The van der Waals surface area contributed by atoms with Crippen LogP contribution in [0, 0.1) is 0 Å². The summed E-state index contributed by atoms with van der Waals surface area (Å²) in [5.41, 5.74) is 4.90. The molecule has 0 aromatic carbocycles. The molecule has 1 fully saturated rings. The minimum Gasteiger partial charge on any atom is -0.433 e. The van der Waals surface area contributed by atoms with E-state index in [9.17, 15) is 24.9 Å². The summed E-state index contributed by atoms with van der Waals surface area (Å²) >= 11 is 0. The Morgan fingerprint density at radius 3 is 2.19 bits per heavy atom. The van der Waals surface area contributed by atoms with E-state index in [0.717, 1.165) is 6.92 Å². The van der Waals surface area contributed by atoms with Gasteiger partial charge in [-0.05, 0) is 0 Å². The van der Waals surface area contributed by atoms with E-state index in [4.69, 9.17) is 10.5 Å². The average Bonchev–Trinajstić information content (AvgIpc) is 2.18. The van der Waals surface area contributed by atoms with Crippen molar-refractivity contribution in [3.63, 3.8) is 0 Å². The van der Waals surface area contributed by atoms with Crippen molar-refractivity contribution in [1.82, 2.24) is 0 Å². The number of nitrogens with two attached hydrogens (primary N) is 1. The number of carbonyl (C=O) groups excluding carboxylic acids is 2. The smallest absolute Gasteiger partial charge is 0.305 e. The molecule has 16 heavy (non-hydrogen) atoms. The van der Waals surface area contributed by atoms with E-state index in [1.165, 1.54) is 0 Å². The number of carbonyl (C=O) groups is 2. The van der Waals surface area contributed by atoms with E-state index in [1.807, 2.05) is 0 Å². The molecule has 1 aliphatic heterocycles. The van der Waals surface area contributed by atoms with Gasteiger partial charge in [0.05, 0.1) is 0 Å². The third-order valence-electron chi connectivity index (χ3n) is 2.13. The first-order valence-electron chi connectivity index (χ1n) is 4.50. The lowest BCUT2D eigenvalue weighted by atomic mass is 9.98. The second-order valence-corrected chi connectivity index (χ2v) is 3.41. The molecule has 1 heterocycles. The van der Waals surface area contributed by atoms with Crippen LogP contribution in [0.25, 0.3) is 0 Å². The maximum Gasteiger partial charge on any atom is 0.305 e. The number of hydrogen-bond acceptors (Lipinski definition) is 7. The first kappa shape index (κ1) is 12.8. The van der Waals surface area contributed by atoms with E-state index in [0.29, 0.717) is 0 Å². The van der Waals surface area contributed by atoms with Crippen LogP contribution in [-0.4, -0.2) is 57.9 Å². The van der Waals surface area contributed by atoms with Crippen LogP contribution < -0.4 is 5.73 Å². The second-order valence-electron chi connectivity index (χ2n) is 3.41. The maximum absolute atomic E-state index is 10.9. The Morgan fingerprint density at radius 1 is 1.19 bits per heavy atom. The summed E-state index contributed by atoms with van der Waals surface area (Å²) in [6.07, 6.45) is -8.07. The van der Waals surface area contributed by atoms with Crippen molar-refractivity contribution in [3.8, 4) is 0 Å². The standard InChI is InChI=1S/C8H13NO7/c1-2(10)15-8-5(13)3(11)4(12)6(16-8)7(9)14/h3-6,8,11-13H,1H3,(H2,9,14)/t3-,4-,5+,6-,8+/m0/s1. The lowest BCUT2D eigenvalue weighted by molar-refractivity contribution is -0.281. The fourth-order valence-corrected chi connectivity index (χ4v) is 1.34. The first-order valence-corrected chi connectivity index (χ1v) is 4.50. The summed E-state index contributed by atoms with van der Waals surface area (Å²) in [6, 6.07) is 0. The SMILES string of the molecule is CC(=O)O[C@@H]1O[C@H](C(N)=O)[C@@H](O)[C@H](O)[C@H]1O. The molecule has 8 nitrogen and oxygen atoms in total. The predicted molar refractivity (Wildman–Crippen MR) is 47.6 cm³/mol. The van der Waals surface area contributed by atoms with E-state index in [1.54, 1.807) is 0 Å². The molecule has 1 aliphatic rings. The molecular formula is C8H13NO7. The lowest BCUT2D eigenvalue weighted by Gasteiger charge is -2.38. The quantitative estimate of drug-likeness (QED) is 0.370. The Morgan fingerprint density at radius 2 is 1.75 bits per heavy atom. The summed E-state index contributed by atoms with van der Waals surface area (Å²) in [6.45, 7) is 1.06. The lowest BCUT2D eigenvalue weighted by Crippen LogP contribution is -2.61. The molecule has 5 atom stereocenters. The minimum absolute atomic E-state index is 0.768. The molecule has 5 N–H and O–H groups in total. The summed E-state index contributed by atoms with van der Waals surface area (Å²) in [4.78, 5) is 21.5. The fourth-order valence-electron chi connectivity index (χ4n) is 1.34. The summed E-state index contributed by atoms with van der Waals surface area (Å²) in [7, 11) is 0. The van der Waals surface area contributed by atoms with E-state index in [2.05, 4.69) is 4.74 Å². The minimum atomic E-state index is -1.68. The van der Waals surface area contributed by atoms with Gasteiger partial charge in [-0.25, -0.2) is 0 Å². The summed E-state index contributed by atoms with van der Waals surface area (Å²) < 4.78 is 9.29. The molecule has 0 radical (unpaired) electrons. The number of rotatable bonds is 2. The van der Waals surface area contributed by atoms with Crippen LogP contribution in [-0.2, 0) is 19.1 Å². The zero-order chi connectivity index (χ0) is 12.5. The van der Waals surface area contributed by atoms with Crippen LogP contribution in [0.5, 0.6) is 0 Å². The summed E-state index contributed by atoms with van der Waals surface area (Å²) in [5, 5.41) is 28.1. The number of ether oxygens (including phenoxy) is 2. The average molecular weight is 235 g/mol. The van der Waals surface area contributed by atoms with Gasteiger partial charge in [-0.2, -0.15) is 0 Å². The van der Waals surface area contributed by atoms with Gasteiger partial charge in [0.1, 0.15) is 18.3 Å². The van der Waals surface area contributed by atoms with Gasteiger partial charge in [0.2, 0.25) is 12.2 Å². The highest BCUT2D eigenvalue weighted by Crippen LogP contribution is 2.21.